The Morgan fingerprint density at radius 1 is 0.594 bits per heavy atom. The summed E-state index contributed by atoms with van der Waals surface area (Å²) >= 11 is 3.46. The van der Waals surface area contributed by atoms with Crippen LogP contribution in [0.25, 0.3) is 45.3 Å². The van der Waals surface area contributed by atoms with Gasteiger partial charge in [0, 0.05) is 44.4 Å². The zero-order valence-electron chi connectivity index (χ0n) is 17.8. The molecular formula is C26H22N4S2. The number of nitrogens with zero attached hydrogens (tertiary/aromatic N) is 2. The number of nitrogens with one attached hydrogen (secondary N) is 2. The third kappa shape index (κ3) is 3.99. The number of hydrogen-bond acceptors (Lipinski definition) is 4. The molecule has 5 aromatic rings. The molecule has 0 saturated carbocycles. The lowest BCUT2D eigenvalue weighted by Gasteiger charge is -2.04. The number of hydrogen-bond donors (Lipinski definition) is 2. The van der Waals surface area contributed by atoms with Crippen molar-refractivity contribution in [2.24, 2.45) is 0 Å². The highest BCUT2D eigenvalue weighted by Crippen LogP contribution is 2.32. The van der Waals surface area contributed by atoms with E-state index >= 15 is 0 Å². The Labute approximate surface area is 195 Å². The monoisotopic (exact) mass is 454 g/mol. The first-order valence-corrected chi connectivity index (χ1v) is 12.7. The van der Waals surface area contributed by atoms with Gasteiger partial charge in [-0.05, 0) is 30.7 Å². The Kier molecular flexibility index (Phi) is 5.88. The van der Waals surface area contributed by atoms with Gasteiger partial charge >= 0.3 is 0 Å². The molecule has 0 radical (unpaired) electrons. The summed E-state index contributed by atoms with van der Waals surface area (Å²) in [4.78, 5) is 18.9. The van der Waals surface area contributed by atoms with E-state index in [1.54, 1.807) is 23.5 Å². The second-order valence-electron chi connectivity index (χ2n) is 7.25. The number of thioether (sulfide) groups is 2. The Morgan fingerprint density at radius 3 is 1.53 bits per heavy atom. The van der Waals surface area contributed by atoms with Gasteiger partial charge in [0.05, 0.1) is 11.4 Å². The van der Waals surface area contributed by atoms with Crippen LogP contribution in [-0.2, 0) is 0 Å². The van der Waals surface area contributed by atoms with Crippen LogP contribution in [0.5, 0.6) is 0 Å². The molecule has 32 heavy (non-hydrogen) atoms. The largest absolute Gasteiger partial charge is 0.344 e. The van der Waals surface area contributed by atoms with Gasteiger partial charge in [0.2, 0.25) is 0 Å². The van der Waals surface area contributed by atoms with Gasteiger partial charge in [-0.2, -0.15) is 0 Å². The third-order valence-electron chi connectivity index (χ3n) is 5.33. The summed E-state index contributed by atoms with van der Waals surface area (Å²) in [6.07, 6.45) is 8.12. The van der Waals surface area contributed by atoms with Crippen molar-refractivity contribution in [2.45, 2.75) is 9.79 Å². The first-order valence-electron chi connectivity index (χ1n) is 10.2. The molecule has 3 aromatic carbocycles. The molecule has 0 amide bonds. The second-order valence-corrected chi connectivity index (χ2v) is 8.95. The van der Waals surface area contributed by atoms with Crippen molar-refractivity contribution >= 4 is 23.5 Å². The van der Waals surface area contributed by atoms with E-state index in [2.05, 4.69) is 77.1 Å². The van der Waals surface area contributed by atoms with Crippen molar-refractivity contribution in [3.8, 4) is 45.3 Å². The fourth-order valence-corrected chi connectivity index (χ4v) is 4.96. The zero-order valence-corrected chi connectivity index (χ0v) is 19.4. The first-order chi connectivity index (χ1) is 15.8. The maximum Gasteiger partial charge on any atom is 0.138 e. The van der Waals surface area contributed by atoms with Crippen molar-refractivity contribution in [1.82, 2.24) is 19.9 Å². The van der Waals surface area contributed by atoms with E-state index < -0.39 is 0 Å². The maximum atomic E-state index is 4.87. The van der Waals surface area contributed by atoms with Crippen LogP contribution in [0, 0.1) is 0 Å². The third-order valence-corrected chi connectivity index (χ3v) is 6.92. The minimum absolute atomic E-state index is 0.845. The van der Waals surface area contributed by atoms with Gasteiger partial charge in [-0.1, -0.05) is 54.6 Å². The number of aromatic nitrogens is 4. The van der Waals surface area contributed by atoms with E-state index in [0.717, 1.165) is 45.3 Å². The summed E-state index contributed by atoms with van der Waals surface area (Å²) in [5.41, 5.74) is 6.23. The average molecular weight is 455 g/mol. The summed E-state index contributed by atoms with van der Waals surface area (Å²) in [5, 5.41) is 0. The molecule has 0 unspecified atom stereocenters. The topological polar surface area (TPSA) is 57.4 Å². The van der Waals surface area contributed by atoms with Crippen molar-refractivity contribution in [2.75, 3.05) is 12.5 Å². The van der Waals surface area contributed by atoms with Crippen LogP contribution < -0.4 is 0 Å². The highest BCUT2D eigenvalue weighted by molar-refractivity contribution is 7.99. The van der Waals surface area contributed by atoms with Crippen molar-refractivity contribution < 1.29 is 0 Å². The predicted octanol–water partition coefficient (Wildman–Crippen LogP) is 7.24. The summed E-state index contributed by atoms with van der Waals surface area (Å²) < 4.78 is 0. The molecule has 0 saturated heterocycles. The van der Waals surface area contributed by atoms with E-state index in [4.69, 9.17) is 9.97 Å². The van der Waals surface area contributed by atoms with Crippen molar-refractivity contribution in [3.63, 3.8) is 0 Å². The molecule has 2 N–H and O–H groups in total. The molecular weight excluding hydrogens is 432 g/mol. The van der Waals surface area contributed by atoms with Crippen LogP contribution in [0.3, 0.4) is 0 Å². The molecule has 6 heteroatoms. The smallest absolute Gasteiger partial charge is 0.138 e. The standard InChI is InChI=1S/C26H22N4S2/c1-31-23-12-5-3-10-19(23)21-15-27-25(29-21)17-8-7-9-18(14-17)26-28-16-22(30-26)20-11-4-6-13-24(20)32-2/h3-16H,1-2H3,(H,27,29)(H,28,30). The van der Waals surface area contributed by atoms with Gasteiger partial charge in [-0.3, -0.25) is 0 Å². The summed E-state index contributed by atoms with van der Waals surface area (Å²) in [5.74, 6) is 1.69. The summed E-state index contributed by atoms with van der Waals surface area (Å²) in [6, 6.07) is 25.0. The molecule has 0 spiro atoms. The number of H-pyrrole nitrogens is 2. The number of benzene rings is 3. The fourth-order valence-electron chi connectivity index (χ4n) is 3.74. The minimum atomic E-state index is 0.845. The van der Waals surface area contributed by atoms with Gasteiger partial charge in [-0.25, -0.2) is 9.97 Å². The molecule has 0 aliphatic heterocycles. The Balaban J connectivity index is 1.47. The normalized spacial score (nSPS) is 11.1. The number of imidazole rings is 2. The highest BCUT2D eigenvalue weighted by Gasteiger charge is 2.12. The maximum absolute atomic E-state index is 4.87. The molecule has 4 nitrogen and oxygen atoms in total. The van der Waals surface area contributed by atoms with Crippen molar-refractivity contribution in [1.29, 1.82) is 0 Å². The number of aromatic amines is 2. The van der Waals surface area contributed by atoms with Crippen LogP contribution in [-0.4, -0.2) is 32.4 Å². The van der Waals surface area contributed by atoms with Gasteiger partial charge in [0.15, 0.2) is 0 Å². The van der Waals surface area contributed by atoms with Crippen LogP contribution in [0.15, 0.2) is 95.0 Å². The average Bonchev–Trinajstić information content (AvgIpc) is 3.54. The predicted molar refractivity (Wildman–Crippen MR) is 136 cm³/mol. The first kappa shape index (κ1) is 20.7. The van der Waals surface area contributed by atoms with E-state index in [1.807, 2.05) is 30.6 Å². The van der Waals surface area contributed by atoms with E-state index in [9.17, 15) is 0 Å². The highest BCUT2D eigenvalue weighted by atomic mass is 32.2. The van der Waals surface area contributed by atoms with E-state index in [0.29, 0.717) is 0 Å². The Hall–Kier alpha value is -3.22. The van der Waals surface area contributed by atoms with Crippen LogP contribution >= 0.6 is 23.5 Å². The van der Waals surface area contributed by atoms with E-state index in [-0.39, 0.29) is 0 Å². The van der Waals surface area contributed by atoms with Gasteiger partial charge in [0.1, 0.15) is 11.6 Å². The molecule has 2 aromatic heterocycles. The van der Waals surface area contributed by atoms with Gasteiger partial charge < -0.3 is 9.97 Å². The van der Waals surface area contributed by atoms with Crippen LogP contribution in [0.1, 0.15) is 0 Å². The van der Waals surface area contributed by atoms with Crippen molar-refractivity contribution in [3.05, 3.63) is 85.2 Å². The zero-order chi connectivity index (χ0) is 21.9. The lowest BCUT2D eigenvalue weighted by molar-refractivity contribution is 1.28. The second kappa shape index (κ2) is 9.10. The molecule has 5 rings (SSSR count). The number of rotatable bonds is 6. The van der Waals surface area contributed by atoms with Gasteiger partial charge in [0.25, 0.3) is 0 Å². The molecule has 158 valence electrons. The van der Waals surface area contributed by atoms with E-state index in [1.165, 1.54) is 9.79 Å². The fraction of sp³-hybridized carbons (Fsp3) is 0.0769. The molecule has 0 bridgehead atoms. The lowest BCUT2D eigenvalue weighted by Crippen LogP contribution is -1.86. The summed E-state index contributed by atoms with van der Waals surface area (Å²) in [6.45, 7) is 0. The molecule has 2 heterocycles. The Bertz CT molecular complexity index is 1270. The molecule has 0 aliphatic rings. The summed E-state index contributed by atoms with van der Waals surface area (Å²) in [7, 11) is 0. The van der Waals surface area contributed by atoms with Gasteiger partial charge in [-0.15, -0.1) is 23.5 Å². The van der Waals surface area contributed by atoms with Crippen LogP contribution in [0.4, 0.5) is 0 Å². The SMILES string of the molecule is CSc1ccccc1-c1c[nH]c(-c2cccc(-c3nc(-c4ccccc4SC)c[nH]3)c2)n1. The lowest BCUT2D eigenvalue weighted by atomic mass is 10.1. The molecule has 0 aliphatic carbocycles. The molecule has 0 fully saturated rings. The quantitative estimate of drug-likeness (QED) is 0.265. The minimum Gasteiger partial charge on any atom is -0.344 e. The molecule has 0 atom stereocenters. The van der Waals surface area contributed by atoms with Crippen LogP contribution in [0.2, 0.25) is 0 Å². The Morgan fingerprint density at radius 2 is 1.06 bits per heavy atom.